The van der Waals surface area contributed by atoms with Crippen LogP contribution in [0.1, 0.15) is 30.5 Å². The van der Waals surface area contributed by atoms with Crippen LogP contribution in [0.15, 0.2) is 18.2 Å². The smallest absolute Gasteiger partial charge is 0.126 e. The summed E-state index contributed by atoms with van der Waals surface area (Å²) in [4.78, 5) is 0. The zero-order valence-corrected chi connectivity index (χ0v) is 7.76. The lowest BCUT2D eigenvalue weighted by Gasteiger charge is -2.27. The monoisotopic (exact) mass is 179 g/mol. The number of benzene rings is 1. The van der Waals surface area contributed by atoms with Crippen molar-refractivity contribution in [3.63, 3.8) is 0 Å². The Balaban J connectivity index is 2.49. The van der Waals surface area contributed by atoms with Crippen molar-refractivity contribution < 1.29 is 4.39 Å². The van der Waals surface area contributed by atoms with E-state index in [2.05, 4.69) is 6.92 Å². The second-order valence-electron chi connectivity index (χ2n) is 3.96. The maximum Gasteiger partial charge on any atom is 0.126 e. The van der Waals surface area contributed by atoms with Crippen LogP contribution in [0.4, 0.5) is 4.39 Å². The highest BCUT2D eigenvalue weighted by Gasteiger charge is 2.23. The molecule has 1 aromatic carbocycles. The van der Waals surface area contributed by atoms with Crippen LogP contribution in [0.25, 0.3) is 0 Å². The van der Waals surface area contributed by atoms with Gasteiger partial charge < -0.3 is 5.73 Å². The summed E-state index contributed by atoms with van der Waals surface area (Å²) in [5, 5.41) is 0. The zero-order valence-electron chi connectivity index (χ0n) is 7.76. The van der Waals surface area contributed by atoms with Crippen molar-refractivity contribution in [3.8, 4) is 0 Å². The molecule has 1 aromatic rings. The van der Waals surface area contributed by atoms with Crippen molar-refractivity contribution in [3.05, 3.63) is 35.1 Å². The molecular weight excluding hydrogens is 165 g/mol. The second-order valence-corrected chi connectivity index (χ2v) is 3.96. The first-order chi connectivity index (χ1) is 6.18. The number of hydrogen-bond donors (Lipinski definition) is 1. The Morgan fingerprint density at radius 2 is 2.23 bits per heavy atom. The van der Waals surface area contributed by atoms with E-state index in [1.165, 1.54) is 6.07 Å². The van der Waals surface area contributed by atoms with Crippen molar-refractivity contribution in [1.29, 1.82) is 0 Å². The van der Waals surface area contributed by atoms with Crippen LogP contribution < -0.4 is 5.73 Å². The van der Waals surface area contributed by atoms with Crippen LogP contribution in [0.2, 0.25) is 0 Å². The fourth-order valence-corrected chi connectivity index (χ4v) is 2.13. The molecule has 2 rings (SSSR count). The van der Waals surface area contributed by atoms with E-state index < -0.39 is 0 Å². The molecule has 0 radical (unpaired) electrons. The second kappa shape index (κ2) is 3.11. The van der Waals surface area contributed by atoms with Gasteiger partial charge in [-0.25, -0.2) is 4.39 Å². The maximum atomic E-state index is 13.4. The molecule has 0 aromatic heterocycles. The molecule has 0 aliphatic heterocycles. The number of fused-ring (bicyclic) bond motifs is 1. The summed E-state index contributed by atoms with van der Waals surface area (Å²) >= 11 is 0. The Morgan fingerprint density at radius 1 is 1.46 bits per heavy atom. The van der Waals surface area contributed by atoms with Gasteiger partial charge in [-0.05, 0) is 36.0 Å². The van der Waals surface area contributed by atoms with Gasteiger partial charge in [-0.2, -0.15) is 0 Å². The average Bonchev–Trinajstić information content (AvgIpc) is 2.07. The van der Waals surface area contributed by atoms with Crippen LogP contribution in [0.3, 0.4) is 0 Å². The molecular formula is C11H14FN. The Kier molecular flexibility index (Phi) is 2.08. The molecule has 13 heavy (non-hydrogen) atoms. The Morgan fingerprint density at radius 3 is 3.00 bits per heavy atom. The van der Waals surface area contributed by atoms with Crippen molar-refractivity contribution in [2.24, 2.45) is 11.7 Å². The average molecular weight is 179 g/mol. The number of hydrogen-bond acceptors (Lipinski definition) is 1. The van der Waals surface area contributed by atoms with Gasteiger partial charge >= 0.3 is 0 Å². The van der Waals surface area contributed by atoms with Gasteiger partial charge in [0.2, 0.25) is 0 Å². The van der Waals surface area contributed by atoms with Gasteiger partial charge in [0, 0.05) is 6.04 Å². The minimum atomic E-state index is -0.0977. The predicted octanol–water partition coefficient (Wildman–Crippen LogP) is 2.41. The highest BCUT2D eigenvalue weighted by molar-refractivity contribution is 5.33. The minimum Gasteiger partial charge on any atom is -0.324 e. The molecule has 0 fully saturated rings. The number of nitrogens with two attached hydrogens (primary N) is 1. The molecule has 70 valence electrons. The maximum absolute atomic E-state index is 13.4. The van der Waals surface area contributed by atoms with Gasteiger partial charge in [0.15, 0.2) is 0 Å². The number of rotatable bonds is 0. The van der Waals surface area contributed by atoms with Crippen LogP contribution in [-0.2, 0) is 6.42 Å². The molecule has 0 heterocycles. The quantitative estimate of drug-likeness (QED) is 0.650. The highest BCUT2D eigenvalue weighted by Crippen LogP contribution is 2.32. The first kappa shape index (κ1) is 8.70. The fourth-order valence-electron chi connectivity index (χ4n) is 2.13. The van der Waals surface area contributed by atoms with Gasteiger partial charge in [0.25, 0.3) is 0 Å². The van der Waals surface area contributed by atoms with Gasteiger partial charge in [-0.3, -0.25) is 0 Å². The first-order valence-electron chi connectivity index (χ1n) is 4.71. The Labute approximate surface area is 77.8 Å². The van der Waals surface area contributed by atoms with Crippen LogP contribution in [0.5, 0.6) is 0 Å². The highest BCUT2D eigenvalue weighted by atomic mass is 19.1. The Bertz CT molecular complexity index is 322. The lowest BCUT2D eigenvalue weighted by Crippen LogP contribution is -2.23. The van der Waals surface area contributed by atoms with Gasteiger partial charge in [0.05, 0.1) is 0 Å². The SMILES string of the molecule is CC1Cc2c(F)cccc2C(N)C1. The van der Waals surface area contributed by atoms with Crippen LogP contribution in [0, 0.1) is 11.7 Å². The minimum absolute atomic E-state index is 0.0226. The van der Waals surface area contributed by atoms with Crippen LogP contribution in [-0.4, -0.2) is 0 Å². The molecule has 0 saturated carbocycles. The topological polar surface area (TPSA) is 26.0 Å². The van der Waals surface area contributed by atoms with E-state index in [4.69, 9.17) is 5.73 Å². The third kappa shape index (κ3) is 1.46. The van der Waals surface area contributed by atoms with E-state index in [1.807, 2.05) is 6.07 Å². The van der Waals surface area contributed by atoms with Crippen molar-refractivity contribution >= 4 is 0 Å². The molecule has 1 aliphatic carbocycles. The van der Waals surface area contributed by atoms with Crippen LogP contribution >= 0.6 is 0 Å². The molecule has 2 unspecified atom stereocenters. The largest absolute Gasteiger partial charge is 0.324 e. The third-order valence-corrected chi connectivity index (χ3v) is 2.76. The van der Waals surface area contributed by atoms with E-state index in [0.29, 0.717) is 5.92 Å². The molecule has 1 nitrogen and oxygen atoms in total. The van der Waals surface area contributed by atoms with Crippen molar-refractivity contribution in [1.82, 2.24) is 0 Å². The van der Waals surface area contributed by atoms with Crippen molar-refractivity contribution in [2.75, 3.05) is 0 Å². The molecule has 1 aliphatic rings. The molecule has 2 N–H and O–H groups in total. The summed E-state index contributed by atoms with van der Waals surface area (Å²) in [6.07, 6.45) is 1.80. The van der Waals surface area contributed by atoms with Gasteiger partial charge in [-0.1, -0.05) is 19.1 Å². The van der Waals surface area contributed by atoms with Gasteiger partial charge in [-0.15, -0.1) is 0 Å². The van der Waals surface area contributed by atoms with Crippen molar-refractivity contribution in [2.45, 2.75) is 25.8 Å². The normalized spacial score (nSPS) is 27.0. The standard InChI is InChI=1S/C11H14FN/c1-7-5-9-8(11(13)6-7)3-2-4-10(9)12/h2-4,7,11H,5-6,13H2,1H3. The zero-order chi connectivity index (χ0) is 9.42. The van der Waals surface area contributed by atoms with E-state index in [1.54, 1.807) is 6.07 Å². The van der Waals surface area contributed by atoms with E-state index >= 15 is 0 Å². The predicted molar refractivity (Wildman–Crippen MR) is 50.8 cm³/mol. The summed E-state index contributed by atoms with van der Waals surface area (Å²) in [6, 6.07) is 5.22. The number of halogens is 1. The Hall–Kier alpha value is -0.890. The molecule has 0 bridgehead atoms. The first-order valence-corrected chi connectivity index (χ1v) is 4.71. The molecule has 0 saturated heterocycles. The summed E-state index contributed by atoms with van der Waals surface area (Å²) in [6.45, 7) is 2.12. The summed E-state index contributed by atoms with van der Waals surface area (Å²) in [7, 11) is 0. The van der Waals surface area contributed by atoms with E-state index in [9.17, 15) is 4.39 Å². The summed E-state index contributed by atoms with van der Waals surface area (Å²) in [5.41, 5.74) is 7.76. The molecule has 2 heteroatoms. The fraction of sp³-hybridized carbons (Fsp3) is 0.455. The summed E-state index contributed by atoms with van der Waals surface area (Å²) < 4.78 is 13.4. The van der Waals surface area contributed by atoms with Gasteiger partial charge in [0.1, 0.15) is 5.82 Å². The third-order valence-electron chi connectivity index (χ3n) is 2.76. The lowest BCUT2D eigenvalue weighted by molar-refractivity contribution is 0.425. The van der Waals surface area contributed by atoms with E-state index in [-0.39, 0.29) is 11.9 Å². The summed E-state index contributed by atoms with van der Waals surface area (Å²) in [5.74, 6) is 0.402. The lowest BCUT2D eigenvalue weighted by atomic mass is 9.82. The molecule has 2 atom stereocenters. The molecule has 0 amide bonds. The molecule has 0 spiro atoms. The van der Waals surface area contributed by atoms with E-state index in [0.717, 1.165) is 24.0 Å².